The lowest BCUT2D eigenvalue weighted by Crippen LogP contribution is -2.46. The van der Waals surface area contributed by atoms with E-state index >= 15 is 0 Å². The normalized spacial score (nSPS) is 15.5. The zero-order chi connectivity index (χ0) is 18.1. The topological polar surface area (TPSA) is 87.0 Å². The van der Waals surface area contributed by atoms with E-state index in [-0.39, 0.29) is 0 Å². The summed E-state index contributed by atoms with van der Waals surface area (Å²) in [6.07, 6.45) is 3.56. The van der Waals surface area contributed by atoms with Crippen molar-refractivity contribution in [3.63, 3.8) is 0 Å². The molecule has 0 saturated carbocycles. The van der Waals surface area contributed by atoms with Gasteiger partial charge in [-0.1, -0.05) is 23.4 Å². The van der Waals surface area contributed by atoms with Gasteiger partial charge in [-0.05, 0) is 18.2 Å². The molecule has 1 aliphatic rings. The second-order valence-corrected chi connectivity index (χ2v) is 6.60. The van der Waals surface area contributed by atoms with Crippen molar-refractivity contribution in [1.29, 1.82) is 0 Å². The van der Waals surface area contributed by atoms with Gasteiger partial charge in [0.25, 0.3) is 5.89 Å². The van der Waals surface area contributed by atoms with Crippen LogP contribution < -0.4 is 4.90 Å². The number of anilines is 1. The molecule has 27 heavy (non-hydrogen) atoms. The van der Waals surface area contributed by atoms with E-state index in [2.05, 4.69) is 59.4 Å². The molecule has 1 fully saturated rings. The second-order valence-electron chi connectivity index (χ2n) is 6.60. The van der Waals surface area contributed by atoms with E-state index in [0.29, 0.717) is 18.3 Å². The summed E-state index contributed by atoms with van der Waals surface area (Å²) < 4.78 is 5.31. The zero-order valence-corrected chi connectivity index (χ0v) is 14.7. The van der Waals surface area contributed by atoms with Gasteiger partial charge >= 0.3 is 0 Å². The highest BCUT2D eigenvalue weighted by Crippen LogP contribution is 2.26. The van der Waals surface area contributed by atoms with Gasteiger partial charge in [0.05, 0.1) is 12.1 Å². The van der Waals surface area contributed by atoms with Crippen molar-refractivity contribution in [2.24, 2.45) is 0 Å². The van der Waals surface area contributed by atoms with Gasteiger partial charge < -0.3 is 9.42 Å². The lowest BCUT2D eigenvalue weighted by Gasteiger charge is -2.36. The van der Waals surface area contributed by atoms with Crippen LogP contribution >= 0.6 is 0 Å². The summed E-state index contributed by atoms with van der Waals surface area (Å²) in [7, 11) is 0. The van der Waals surface area contributed by atoms with Crippen LogP contribution in [-0.2, 0) is 6.54 Å². The van der Waals surface area contributed by atoms with Crippen molar-refractivity contribution in [2.75, 3.05) is 31.1 Å². The highest BCUT2D eigenvalue weighted by atomic mass is 16.5. The fourth-order valence-corrected chi connectivity index (χ4v) is 3.51. The van der Waals surface area contributed by atoms with Crippen LogP contribution in [0.4, 0.5) is 5.69 Å². The molecule has 8 nitrogen and oxygen atoms in total. The molecule has 0 atom stereocenters. The van der Waals surface area contributed by atoms with Gasteiger partial charge in [0.15, 0.2) is 5.82 Å². The maximum Gasteiger partial charge on any atom is 0.275 e. The molecule has 8 heteroatoms. The summed E-state index contributed by atoms with van der Waals surface area (Å²) in [5, 5.41) is 12.0. The summed E-state index contributed by atoms with van der Waals surface area (Å²) in [6.45, 7) is 4.50. The van der Waals surface area contributed by atoms with E-state index in [1.807, 2.05) is 18.3 Å². The van der Waals surface area contributed by atoms with Crippen LogP contribution in [0.2, 0.25) is 0 Å². The SMILES string of the molecule is c1ccc2c(N3CCN(Cc4noc(-c5ccn[nH]5)n4)CC3)ccnc2c1. The zero-order valence-electron chi connectivity index (χ0n) is 14.7. The molecule has 0 aliphatic carbocycles. The van der Waals surface area contributed by atoms with Gasteiger partial charge in [0, 0.05) is 49.6 Å². The fraction of sp³-hybridized carbons (Fsp3) is 0.263. The van der Waals surface area contributed by atoms with E-state index in [9.17, 15) is 0 Å². The van der Waals surface area contributed by atoms with Crippen LogP contribution in [0.25, 0.3) is 22.5 Å². The average Bonchev–Trinajstić information content (AvgIpc) is 3.40. The maximum absolute atomic E-state index is 5.31. The van der Waals surface area contributed by atoms with Crippen molar-refractivity contribution < 1.29 is 4.52 Å². The average molecular weight is 361 g/mol. The predicted octanol–water partition coefficient (Wildman–Crippen LogP) is 2.33. The van der Waals surface area contributed by atoms with Crippen molar-refractivity contribution in [2.45, 2.75) is 6.54 Å². The predicted molar refractivity (Wildman–Crippen MR) is 101 cm³/mol. The minimum Gasteiger partial charge on any atom is -0.368 e. The van der Waals surface area contributed by atoms with Gasteiger partial charge in [-0.3, -0.25) is 15.0 Å². The number of hydrogen-bond acceptors (Lipinski definition) is 7. The Morgan fingerprint density at radius 3 is 2.74 bits per heavy atom. The van der Waals surface area contributed by atoms with Crippen LogP contribution in [0, 0.1) is 0 Å². The highest BCUT2D eigenvalue weighted by Gasteiger charge is 2.21. The van der Waals surface area contributed by atoms with Gasteiger partial charge in [0.1, 0.15) is 5.69 Å². The fourth-order valence-electron chi connectivity index (χ4n) is 3.51. The number of fused-ring (bicyclic) bond motifs is 1. The number of para-hydroxylation sites is 1. The second kappa shape index (κ2) is 6.81. The third-order valence-corrected chi connectivity index (χ3v) is 4.90. The quantitative estimate of drug-likeness (QED) is 0.597. The molecule has 0 bridgehead atoms. The Labute approximate surface area is 155 Å². The Kier molecular flexibility index (Phi) is 4.02. The Bertz CT molecular complexity index is 1030. The van der Waals surface area contributed by atoms with Gasteiger partial charge in [-0.2, -0.15) is 10.1 Å². The number of aromatic nitrogens is 5. The van der Waals surface area contributed by atoms with E-state index in [4.69, 9.17) is 4.52 Å². The molecule has 136 valence electrons. The van der Waals surface area contributed by atoms with E-state index in [1.165, 1.54) is 11.1 Å². The number of rotatable bonds is 4. The number of piperazine rings is 1. The van der Waals surface area contributed by atoms with E-state index in [1.54, 1.807) is 6.20 Å². The molecule has 4 heterocycles. The molecule has 3 aromatic heterocycles. The smallest absolute Gasteiger partial charge is 0.275 e. The van der Waals surface area contributed by atoms with Crippen molar-refractivity contribution in [3.05, 3.63) is 54.6 Å². The molecular weight excluding hydrogens is 342 g/mol. The van der Waals surface area contributed by atoms with Crippen LogP contribution in [0.15, 0.2) is 53.3 Å². The number of pyridine rings is 1. The lowest BCUT2D eigenvalue weighted by atomic mass is 10.1. The third kappa shape index (κ3) is 3.15. The summed E-state index contributed by atoms with van der Waals surface area (Å²) >= 11 is 0. The van der Waals surface area contributed by atoms with Crippen LogP contribution in [0.1, 0.15) is 5.82 Å². The number of nitrogens with one attached hydrogen (secondary N) is 1. The standard InChI is InChI=1S/C19H19N7O/c1-2-4-15-14(3-1)17(6-7-20-15)26-11-9-25(10-12-26)13-18-22-19(27-24-18)16-5-8-21-23-16/h1-8H,9-13H2,(H,21,23). The largest absolute Gasteiger partial charge is 0.368 e. The van der Waals surface area contributed by atoms with Gasteiger partial charge in [-0.25, -0.2) is 0 Å². The highest BCUT2D eigenvalue weighted by molar-refractivity contribution is 5.91. The number of H-pyrrole nitrogens is 1. The molecule has 5 rings (SSSR count). The first kappa shape index (κ1) is 16.0. The first-order chi connectivity index (χ1) is 13.4. The van der Waals surface area contributed by atoms with Crippen molar-refractivity contribution >= 4 is 16.6 Å². The molecule has 4 aromatic rings. The first-order valence-electron chi connectivity index (χ1n) is 9.00. The lowest BCUT2D eigenvalue weighted by molar-refractivity contribution is 0.240. The Balaban J connectivity index is 1.25. The third-order valence-electron chi connectivity index (χ3n) is 4.90. The molecule has 0 unspecified atom stereocenters. The number of hydrogen-bond donors (Lipinski definition) is 1. The monoisotopic (exact) mass is 361 g/mol. The molecule has 1 aromatic carbocycles. The molecule has 0 spiro atoms. The summed E-state index contributed by atoms with van der Waals surface area (Å²) in [5.41, 5.74) is 3.03. The summed E-state index contributed by atoms with van der Waals surface area (Å²) in [4.78, 5) is 13.7. The molecule has 0 amide bonds. The summed E-state index contributed by atoms with van der Waals surface area (Å²) in [5.74, 6) is 1.17. The van der Waals surface area contributed by atoms with Crippen molar-refractivity contribution in [3.8, 4) is 11.6 Å². The number of benzene rings is 1. The molecule has 0 radical (unpaired) electrons. The molecule has 1 N–H and O–H groups in total. The Morgan fingerprint density at radius 1 is 1.00 bits per heavy atom. The Morgan fingerprint density at radius 2 is 1.89 bits per heavy atom. The van der Waals surface area contributed by atoms with E-state index in [0.717, 1.165) is 37.4 Å². The number of nitrogens with zero attached hydrogens (tertiary/aromatic N) is 6. The van der Waals surface area contributed by atoms with Crippen LogP contribution in [0.3, 0.4) is 0 Å². The van der Waals surface area contributed by atoms with Gasteiger partial charge in [0.2, 0.25) is 0 Å². The molecule has 1 saturated heterocycles. The summed E-state index contributed by atoms with van der Waals surface area (Å²) in [6, 6.07) is 12.2. The number of aromatic amines is 1. The van der Waals surface area contributed by atoms with Crippen LogP contribution in [-0.4, -0.2) is 56.4 Å². The maximum atomic E-state index is 5.31. The van der Waals surface area contributed by atoms with Crippen molar-refractivity contribution in [1.82, 2.24) is 30.2 Å². The molecule has 1 aliphatic heterocycles. The minimum absolute atomic E-state index is 0.476. The first-order valence-corrected chi connectivity index (χ1v) is 9.00. The van der Waals surface area contributed by atoms with Gasteiger partial charge in [-0.15, -0.1) is 0 Å². The van der Waals surface area contributed by atoms with E-state index < -0.39 is 0 Å². The van der Waals surface area contributed by atoms with Crippen LogP contribution in [0.5, 0.6) is 0 Å². The minimum atomic E-state index is 0.476. The molecular formula is C19H19N7O. The Hall–Kier alpha value is -3.26.